The fourth-order valence-corrected chi connectivity index (χ4v) is 3.81. The summed E-state index contributed by atoms with van der Waals surface area (Å²) in [7, 11) is 0. The van der Waals surface area contributed by atoms with E-state index in [9.17, 15) is 9.18 Å². The van der Waals surface area contributed by atoms with Crippen LogP contribution in [0.25, 0.3) is 0 Å². The highest BCUT2D eigenvalue weighted by Gasteiger charge is 2.11. The Labute approximate surface area is 162 Å². The van der Waals surface area contributed by atoms with Crippen LogP contribution in [-0.2, 0) is 13.2 Å². The van der Waals surface area contributed by atoms with Gasteiger partial charge in [-0.25, -0.2) is 4.39 Å². The van der Waals surface area contributed by atoms with Crippen LogP contribution in [0.15, 0.2) is 47.8 Å². The van der Waals surface area contributed by atoms with Gasteiger partial charge in [0.25, 0.3) is 5.91 Å². The maximum atomic E-state index is 12.9. The van der Waals surface area contributed by atoms with Crippen LogP contribution >= 0.6 is 11.3 Å². The van der Waals surface area contributed by atoms with Gasteiger partial charge in [-0.3, -0.25) is 4.79 Å². The molecule has 27 heavy (non-hydrogen) atoms. The van der Waals surface area contributed by atoms with Crippen molar-refractivity contribution in [2.24, 2.45) is 0 Å². The number of nitrogens with one attached hydrogen (secondary N) is 1. The summed E-state index contributed by atoms with van der Waals surface area (Å²) in [5, 5.41) is 4.79. The molecule has 5 heteroatoms. The third-order valence-electron chi connectivity index (χ3n) is 4.23. The molecule has 3 aromatic rings. The van der Waals surface area contributed by atoms with E-state index < -0.39 is 0 Å². The summed E-state index contributed by atoms with van der Waals surface area (Å²) in [6.45, 7) is 6.94. The summed E-state index contributed by atoms with van der Waals surface area (Å²) < 4.78 is 18.9. The molecule has 2 aromatic carbocycles. The van der Waals surface area contributed by atoms with E-state index in [1.807, 2.05) is 25.3 Å². The van der Waals surface area contributed by atoms with Gasteiger partial charge in [0, 0.05) is 12.1 Å². The molecule has 0 radical (unpaired) electrons. The Kier molecular flexibility index (Phi) is 5.91. The van der Waals surface area contributed by atoms with Crippen molar-refractivity contribution in [2.75, 3.05) is 0 Å². The molecule has 3 rings (SSSR count). The Bertz CT molecular complexity index is 924. The average molecular weight is 383 g/mol. The summed E-state index contributed by atoms with van der Waals surface area (Å²) in [4.78, 5) is 12.9. The molecule has 0 atom stereocenters. The number of aryl methyl sites for hydroxylation is 3. The lowest BCUT2D eigenvalue weighted by Gasteiger charge is -2.12. The maximum Gasteiger partial charge on any atom is 0.261 e. The Morgan fingerprint density at radius 2 is 1.70 bits per heavy atom. The largest absolute Gasteiger partial charge is 0.488 e. The molecule has 0 aliphatic heterocycles. The van der Waals surface area contributed by atoms with E-state index in [-0.39, 0.29) is 11.7 Å². The van der Waals surface area contributed by atoms with Crippen molar-refractivity contribution in [3.8, 4) is 5.75 Å². The maximum absolute atomic E-state index is 12.9. The number of hydrogen-bond donors (Lipinski definition) is 1. The first kappa shape index (κ1) is 19.1. The summed E-state index contributed by atoms with van der Waals surface area (Å²) in [5.41, 5.74) is 5.26. The minimum atomic E-state index is -0.285. The lowest BCUT2D eigenvalue weighted by atomic mass is 10.1. The van der Waals surface area contributed by atoms with Crippen LogP contribution in [0.4, 0.5) is 4.39 Å². The molecule has 0 bridgehead atoms. The van der Waals surface area contributed by atoms with Gasteiger partial charge in [-0.2, -0.15) is 0 Å². The number of benzene rings is 2. The number of rotatable bonds is 6. The van der Waals surface area contributed by atoms with Gasteiger partial charge in [-0.05, 0) is 61.0 Å². The second-order valence-corrected chi connectivity index (χ2v) is 7.56. The number of carbonyl (C=O) groups is 1. The molecule has 0 saturated heterocycles. The molecule has 0 unspecified atom stereocenters. The van der Waals surface area contributed by atoms with Crippen molar-refractivity contribution in [1.29, 1.82) is 0 Å². The summed E-state index contributed by atoms with van der Waals surface area (Å²) in [5.74, 6) is 0.472. The van der Waals surface area contributed by atoms with Gasteiger partial charge < -0.3 is 10.1 Å². The first-order chi connectivity index (χ1) is 12.9. The standard InChI is InChI=1S/C22H22FNO2S/c1-14-8-15(2)21(16(3)9-14)26-12-18-10-20(27-13-18)22(25)24-11-17-4-6-19(23)7-5-17/h4-10,13H,11-12H2,1-3H3,(H,24,25). The molecule has 140 valence electrons. The number of halogens is 1. The number of amides is 1. The predicted octanol–water partition coefficient (Wildman–Crippen LogP) is 5.32. The van der Waals surface area contributed by atoms with E-state index in [4.69, 9.17) is 4.74 Å². The third-order valence-corrected chi connectivity index (χ3v) is 5.21. The SMILES string of the molecule is Cc1cc(C)c(OCc2csc(C(=O)NCc3ccc(F)cc3)c2)c(C)c1. The zero-order valence-electron chi connectivity index (χ0n) is 15.6. The molecule has 0 aliphatic rings. The molecular formula is C22H22FNO2S. The second kappa shape index (κ2) is 8.35. The van der Waals surface area contributed by atoms with E-state index in [2.05, 4.69) is 24.4 Å². The van der Waals surface area contributed by atoms with Gasteiger partial charge >= 0.3 is 0 Å². The average Bonchev–Trinajstić information content (AvgIpc) is 3.09. The molecule has 0 spiro atoms. The smallest absolute Gasteiger partial charge is 0.261 e. The monoisotopic (exact) mass is 383 g/mol. The van der Waals surface area contributed by atoms with Gasteiger partial charge in [0.1, 0.15) is 18.2 Å². The molecule has 0 saturated carbocycles. The number of carbonyl (C=O) groups excluding carboxylic acids is 1. The first-order valence-electron chi connectivity index (χ1n) is 8.73. The van der Waals surface area contributed by atoms with Crippen molar-refractivity contribution >= 4 is 17.2 Å². The zero-order chi connectivity index (χ0) is 19.4. The van der Waals surface area contributed by atoms with Gasteiger partial charge in [-0.1, -0.05) is 29.8 Å². The van der Waals surface area contributed by atoms with Crippen LogP contribution in [0.5, 0.6) is 5.75 Å². The van der Waals surface area contributed by atoms with Crippen molar-refractivity contribution in [1.82, 2.24) is 5.32 Å². The van der Waals surface area contributed by atoms with E-state index >= 15 is 0 Å². The van der Waals surface area contributed by atoms with Crippen molar-refractivity contribution in [2.45, 2.75) is 33.9 Å². The number of ether oxygens (including phenoxy) is 1. The van der Waals surface area contributed by atoms with Crippen LogP contribution < -0.4 is 10.1 Å². The van der Waals surface area contributed by atoms with E-state index in [1.165, 1.54) is 29.0 Å². The van der Waals surface area contributed by atoms with Crippen molar-refractivity contribution in [3.05, 3.63) is 86.4 Å². The molecule has 1 amide bonds. The van der Waals surface area contributed by atoms with Gasteiger partial charge in [0.2, 0.25) is 0 Å². The minimum Gasteiger partial charge on any atom is -0.488 e. The highest BCUT2D eigenvalue weighted by Crippen LogP contribution is 2.26. The molecule has 3 nitrogen and oxygen atoms in total. The highest BCUT2D eigenvalue weighted by molar-refractivity contribution is 7.12. The van der Waals surface area contributed by atoms with Crippen molar-refractivity contribution < 1.29 is 13.9 Å². The minimum absolute atomic E-state index is 0.140. The Morgan fingerprint density at radius 3 is 2.37 bits per heavy atom. The third kappa shape index (κ3) is 4.95. The van der Waals surface area contributed by atoms with E-state index in [0.29, 0.717) is 18.0 Å². The summed E-state index contributed by atoms with van der Waals surface area (Å²) >= 11 is 1.39. The Morgan fingerprint density at radius 1 is 1.04 bits per heavy atom. The van der Waals surface area contributed by atoms with E-state index in [0.717, 1.165) is 28.0 Å². The summed E-state index contributed by atoms with van der Waals surface area (Å²) in [6, 6.07) is 12.2. The molecule has 1 N–H and O–H groups in total. The van der Waals surface area contributed by atoms with Gasteiger partial charge in [0.15, 0.2) is 0 Å². The predicted molar refractivity (Wildman–Crippen MR) is 107 cm³/mol. The highest BCUT2D eigenvalue weighted by atomic mass is 32.1. The number of thiophene rings is 1. The fourth-order valence-electron chi connectivity index (χ4n) is 2.99. The molecular weight excluding hydrogens is 361 g/mol. The van der Waals surface area contributed by atoms with Crippen molar-refractivity contribution in [3.63, 3.8) is 0 Å². The van der Waals surface area contributed by atoms with Crippen LogP contribution in [0, 0.1) is 26.6 Å². The molecule has 1 heterocycles. The Hall–Kier alpha value is -2.66. The molecule has 0 fully saturated rings. The van der Waals surface area contributed by atoms with Crippen LogP contribution in [0.1, 0.15) is 37.5 Å². The lowest BCUT2D eigenvalue weighted by molar-refractivity contribution is 0.0955. The number of hydrogen-bond acceptors (Lipinski definition) is 3. The summed E-state index contributed by atoms with van der Waals surface area (Å²) in [6.07, 6.45) is 0. The topological polar surface area (TPSA) is 38.3 Å². The van der Waals surface area contributed by atoms with Crippen LogP contribution in [0.3, 0.4) is 0 Å². The van der Waals surface area contributed by atoms with Gasteiger partial charge in [-0.15, -0.1) is 11.3 Å². The van der Waals surface area contributed by atoms with Crippen LogP contribution in [-0.4, -0.2) is 5.91 Å². The zero-order valence-corrected chi connectivity index (χ0v) is 16.5. The van der Waals surface area contributed by atoms with E-state index in [1.54, 1.807) is 12.1 Å². The molecule has 0 aliphatic carbocycles. The molecule has 1 aromatic heterocycles. The van der Waals surface area contributed by atoms with Crippen LogP contribution in [0.2, 0.25) is 0 Å². The fraction of sp³-hybridized carbons (Fsp3) is 0.227. The second-order valence-electron chi connectivity index (χ2n) is 6.64. The first-order valence-corrected chi connectivity index (χ1v) is 9.61. The normalized spacial score (nSPS) is 10.7. The quantitative estimate of drug-likeness (QED) is 0.625. The Balaban J connectivity index is 1.58. The lowest BCUT2D eigenvalue weighted by Crippen LogP contribution is -2.21. The van der Waals surface area contributed by atoms with Gasteiger partial charge in [0.05, 0.1) is 4.88 Å².